The van der Waals surface area contributed by atoms with Crippen molar-refractivity contribution in [2.24, 2.45) is 12.8 Å². The molecule has 0 unspecified atom stereocenters. The fourth-order valence-electron chi connectivity index (χ4n) is 2.31. The van der Waals surface area contributed by atoms with Crippen molar-refractivity contribution >= 4 is 27.0 Å². The molecule has 0 aliphatic rings. The van der Waals surface area contributed by atoms with Gasteiger partial charge in [-0.25, -0.2) is 4.98 Å². The first kappa shape index (κ1) is 13.3. The van der Waals surface area contributed by atoms with Gasteiger partial charge in [-0.3, -0.25) is 4.68 Å². The first-order chi connectivity index (χ1) is 9.60. The van der Waals surface area contributed by atoms with Gasteiger partial charge in [0.2, 0.25) is 0 Å². The predicted molar refractivity (Wildman–Crippen MR) is 81.4 cm³/mol. The van der Waals surface area contributed by atoms with E-state index in [-0.39, 0.29) is 0 Å². The first-order valence-corrected chi connectivity index (χ1v) is 7.18. The van der Waals surface area contributed by atoms with Crippen LogP contribution in [0.25, 0.3) is 22.4 Å². The molecular weight excluding hydrogens is 320 g/mol. The summed E-state index contributed by atoms with van der Waals surface area (Å²) in [5, 5.41) is 4.56. The minimum absolute atomic E-state index is 0.595. The third kappa shape index (κ3) is 2.14. The van der Waals surface area contributed by atoms with Gasteiger partial charge in [0, 0.05) is 26.0 Å². The molecule has 3 rings (SSSR count). The summed E-state index contributed by atoms with van der Waals surface area (Å²) in [6, 6.07) is 5.92. The Balaban J connectivity index is 2.12. The van der Waals surface area contributed by atoms with Crippen molar-refractivity contribution in [3.63, 3.8) is 0 Å². The smallest absolute Gasteiger partial charge is 0.192 e. The van der Waals surface area contributed by atoms with Crippen molar-refractivity contribution in [3.8, 4) is 11.3 Å². The van der Waals surface area contributed by atoms with E-state index >= 15 is 0 Å². The molecule has 5 nitrogen and oxygen atoms in total. The zero-order chi connectivity index (χ0) is 14.3. The molecule has 0 spiro atoms. The Labute approximate surface area is 124 Å². The van der Waals surface area contributed by atoms with Crippen LogP contribution in [0.2, 0.25) is 0 Å². The van der Waals surface area contributed by atoms with Gasteiger partial charge in [0.25, 0.3) is 0 Å². The summed E-state index contributed by atoms with van der Waals surface area (Å²) in [6.45, 7) is 2.44. The molecule has 3 aromatic rings. The fraction of sp³-hybridized carbons (Fsp3) is 0.286. The molecule has 0 atom stereocenters. The minimum Gasteiger partial charge on any atom is -0.441 e. The average Bonchev–Trinajstić information content (AvgIpc) is 2.91. The maximum absolute atomic E-state index is 5.64. The molecule has 104 valence electrons. The second-order valence-corrected chi connectivity index (χ2v) is 5.48. The molecule has 0 aliphatic heterocycles. The van der Waals surface area contributed by atoms with Crippen LogP contribution in [0.5, 0.6) is 0 Å². The Bertz CT molecular complexity index is 775. The molecule has 0 bridgehead atoms. The van der Waals surface area contributed by atoms with Crippen LogP contribution in [-0.2, 0) is 13.5 Å². The van der Waals surface area contributed by atoms with Crippen LogP contribution in [-0.4, -0.2) is 21.3 Å². The number of rotatable bonds is 3. The van der Waals surface area contributed by atoms with Crippen LogP contribution in [0.4, 0.5) is 0 Å². The summed E-state index contributed by atoms with van der Waals surface area (Å²) < 4.78 is 8.42. The Hall–Kier alpha value is -1.66. The van der Waals surface area contributed by atoms with E-state index in [4.69, 9.17) is 10.2 Å². The van der Waals surface area contributed by atoms with Crippen LogP contribution in [0.15, 0.2) is 27.1 Å². The zero-order valence-corrected chi connectivity index (χ0v) is 12.9. The number of halogens is 1. The molecule has 20 heavy (non-hydrogen) atoms. The van der Waals surface area contributed by atoms with Gasteiger partial charge in [0.05, 0.1) is 10.2 Å². The number of hydrogen-bond donors (Lipinski definition) is 1. The van der Waals surface area contributed by atoms with Gasteiger partial charge < -0.3 is 10.2 Å². The van der Waals surface area contributed by atoms with E-state index in [1.165, 1.54) is 0 Å². The second-order valence-electron chi connectivity index (χ2n) is 4.69. The summed E-state index contributed by atoms with van der Waals surface area (Å²) in [6.07, 6.45) is 0.785. The second kappa shape index (κ2) is 5.03. The van der Waals surface area contributed by atoms with E-state index in [1.54, 1.807) is 0 Å². The van der Waals surface area contributed by atoms with Gasteiger partial charge in [-0.15, -0.1) is 0 Å². The molecule has 0 aliphatic carbocycles. The normalized spacial score (nSPS) is 11.4. The minimum atomic E-state index is 0.595. The summed E-state index contributed by atoms with van der Waals surface area (Å²) in [7, 11) is 1.93. The maximum atomic E-state index is 5.64. The Morgan fingerprint density at radius 2 is 2.20 bits per heavy atom. The van der Waals surface area contributed by atoms with Gasteiger partial charge in [-0.2, -0.15) is 5.10 Å². The first-order valence-electron chi connectivity index (χ1n) is 6.39. The number of benzene rings is 1. The largest absolute Gasteiger partial charge is 0.441 e. The van der Waals surface area contributed by atoms with Crippen LogP contribution in [0.1, 0.15) is 11.6 Å². The van der Waals surface area contributed by atoms with Gasteiger partial charge >= 0.3 is 0 Å². The van der Waals surface area contributed by atoms with Crippen molar-refractivity contribution in [2.75, 3.05) is 6.54 Å². The fourth-order valence-corrected chi connectivity index (χ4v) is 3.08. The van der Waals surface area contributed by atoms with E-state index in [9.17, 15) is 0 Å². The molecule has 0 radical (unpaired) electrons. The Morgan fingerprint density at radius 1 is 1.40 bits per heavy atom. The molecule has 0 fully saturated rings. The standard InChI is InChI=1S/C14H15BrN4O/c1-8-17-10-4-3-9(7-12(10)20-8)14-13(15)11(5-6-16)19(2)18-14/h3-4,7H,5-6,16H2,1-2H3. The monoisotopic (exact) mass is 334 g/mol. The number of aryl methyl sites for hydroxylation is 2. The van der Waals surface area contributed by atoms with E-state index in [1.807, 2.05) is 36.9 Å². The van der Waals surface area contributed by atoms with Gasteiger partial charge in [0.15, 0.2) is 11.5 Å². The highest BCUT2D eigenvalue weighted by atomic mass is 79.9. The third-order valence-electron chi connectivity index (χ3n) is 3.25. The van der Waals surface area contributed by atoms with Crippen molar-refractivity contribution < 1.29 is 4.42 Å². The van der Waals surface area contributed by atoms with Crippen molar-refractivity contribution in [1.29, 1.82) is 0 Å². The molecule has 2 N–H and O–H groups in total. The van der Waals surface area contributed by atoms with Crippen LogP contribution in [0.3, 0.4) is 0 Å². The number of nitrogens with two attached hydrogens (primary N) is 1. The van der Waals surface area contributed by atoms with Gasteiger partial charge in [-0.05, 0) is 34.6 Å². The lowest BCUT2D eigenvalue weighted by atomic mass is 10.1. The SMILES string of the molecule is Cc1nc2ccc(-c3nn(C)c(CCN)c3Br)cc2o1. The summed E-state index contributed by atoms with van der Waals surface area (Å²) in [5.74, 6) is 0.668. The topological polar surface area (TPSA) is 69.9 Å². The highest BCUT2D eigenvalue weighted by Gasteiger charge is 2.16. The summed E-state index contributed by atoms with van der Waals surface area (Å²) >= 11 is 3.62. The zero-order valence-electron chi connectivity index (χ0n) is 11.4. The number of nitrogens with zero attached hydrogens (tertiary/aromatic N) is 3. The van der Waals surface area contributed by atoms with Crippen LogP contribution in [0, 0.1) is 6.92 Å². The van der Waals surface area contributed by atoms with E-state index in [2.05, 4.69) is 26.0 Å². The van der Waals surface area contributed by atoms with Crippen LogP contribution >= 0.6 is 15.9 Å². The maximum Gasteiger partial charge on any atom is 0.192 e. The van der Waals surface area contributed by atoms with Crippen LogP contribution < -0.4 is 5.73 Å². The predicted octanol–water partition coefficient (Wildman–Crippen LogP) is 2.80. The van der Waals surface area contributed by atoms with Crippen molar-refractivity contribution in [3.05, 3.63) is 34.3 Å². The van der Waals surface area contributed by atoms with E-state index in [0.717, 1.165) is 38.9 Å². The molecule has 6 heteroatoms. The molecule has 2 aromatic heterocycles. The lowest BCUT2D eigenvalue weighted by molar-refractivity contribution is 0.561. The number of oxazole rings is 1. The summed E-state index contributed by atoms with van der Waals surface area (Å²) in [4.78, 5) is 4.30. The quantitative estimate of drug-likeness (QED) is 0.799. The Morgan fingerprint density at radius 3 is 2.95 bits per heavy atom. The summed E-state index contributed by atoms with van der Waals surface area (Å²) in [5.41, 5.74) is 10.3. The number of fused-ring (bicyclic) bond motifs is 1. The highest BCUT2D eigenvalue weighted by Crippen LogP contribution is 2.32. The third-order valence-corrected chi connectivity index (χ3v) is 4.09. The molecule has 0 amide bonds. The van der Waals surface area contributed by atoms with Crippen molar-refractivity contribution in [2.45, 2.75) is 13.3 Å². The average molecular weight is 335 g/mol. The van der Waals surface area contributed by atoms with Gasteiger partial charge in [0.1, 0.15) is 11.2 Å². The number of hydrogen-bond acceptors (Lipinski definition) is 4. The van der Waals surface area contributed by atoms with Gasteiger partial charge in [-0.1, -0.05) is 6.07 Å². The number of aromatic nitrogens is 3. The molecule has 1 aromatic carbocycles. The van der Waals surface area contributed by atoms with E-state index < -0.39 is 0 Å². The highest BCUT2D eigenvalue weighted by molar-refractivity contribution is 9.10. The Kier molecular flexibility index (Phi) is 3.35. The lowest BCUT2D eigenvalue weighted by Gasteiger charge is -1.99. The molecule has 0 saturated heterocycles. The molecule has 0 saturated carbocycles. The van der Waals surface area contributed by atoms with Crippen molar-refractivity contribution in [1.82, 2.24) is 14.8 Å². The van der Waals surface area contributed by atoms with E-state index in [0.29, 0.717) is 12.4 Å². The molecule has 2 heterocycles. The lowest BCUT2D eigenvalue weighted by Crippen LogP contribution is -2.07. The molecular formula is C14H15BrN4O.